The highest BCUT2D eigenvalue weighted by Gasteiger charge is 2.06. The van der Waals surface area contributed by atoms with Crippen molar-refractivity contribution >= 4 is 5.91 Å². The van der Waals surface area contributed by atoms with Crippen molar-refractivity contribution in [2.45, 2.75) is 13.0 Å². The second-order valence-electron chi connectivity index (χ2n) is 2.61. The normalized spacial score (nSPS) is 13.2. The lowest BCUT2D eigenvalue weighted by Crippen LogP contribution is -2.40. The van der Waals surface area contributed by atoms with E-state index in [2.05, 4.69) is 0 Å². The predicted octanol–water partition coefficient (Wildman–Crippen LogP) is -1.71. The number of aliphatic hydroxyl groups excluding tert-OH is 1. The second kappa shape index (κ2) is 5.06. The summed E-state index contributed by atoms with van der Waals surface area (Å²) in [7, 11) is 1.74. The first-order valence-corrected chi connectivity index (χ1v) is 3.42. The molecule has 0 aliphatic rings. The van der Waals surface area contributed by atoms with Gasteiger partial charge in [0.1, 0.15) is 0 Å². The van der Waals surface area contributed by atoms with Crippen LogP contribution in [0.4, 0.5) is 0 Å². The molecule has 5 heteroatoms. The van der Waals surface area contributed by atoms with Gasteiger partial charge in [0.15, 0.2) is 0 Å². The summed E-state index contributed by atoms with van der Waals surface area (Å²) in [5.41, 5.74) is 2.01. The highest BCUT2D eigenvalue weighted by molar-refractivity contribution is 5.77. The van der Waals surface area contributed by atoms with E-state index in [4.69, 9.17) is 10.9 Å². The smallest absolute Gasteiger partial charge is 0.248 e. The highest BCUT2D eigenvalue weighted by Crippen LogP contribution is 1.86. The summed E-state index contributed by atoms with van der Waals surface area (Å²) in [6.45, 7) is 2.34. The molecule has 0 spiro atoms. The van der Waals surface area contributed by atoms with Gasteiger partial charge in [0, 0.05) is 6.54 Å². The fourth-order valence-electron chi connectivity index (χ4n) is 0.806. The van der Waals surface area contributed by atoms with Crippen molar-refractivity contribution in [3.63, 3.8) is 0 Å². The highest BCUT2D eigenvalue weighted by atomic mass is 16.3. The number of likely N-dealkylation sites (N-methyl/N-ethyl adjacent to an activating group) is 1. The molecule has 1 amide bonds. The van der Waals surface area contributed by atoms with E-state index < -0.39 is 6.10 Å². The van der Waals surface area contributed by atoms with Crippen molar-refractivity contribution < 1.29 is 9.90 Å². The monoisotopic (exact) mass is 161 g/mol. The van der Waals surface area contributed by atoms with Gasteiger partial charge in [-0.05, 0) is 14.0 Å². The zero-order valence-electron chi connectivity index (χ0n) is 6.87. The summed E-state index contributed by atoms with van der Waals surface area (Å²) < 4.78 is 0. The number of nitrogens with two attached hydrogens (primary N) is 1. The Morgan fingerprint density at radius 2 is 2.36 bits per heavy atom. The third kappa shape index (κ3) is 5.78. The molecule has 1 atom stereocenters. The molecule has 0 heterocycles. The average molecular weight is 161 g/mol. The molecule has 0 fully saturated rings. The van der Waals surface area contributed by atoms with Crippen LogP contribution in [0.25, 0.3) is 0 Å². The van der Waals surface area contributed by atoms with Crippen molar-refractivity contribution in [3.8, 4) is 0 Å². The van der Waals surface area contributed by atoms with Gasteiger partial charge in [-0.3, -0.25) is 15.1 Å². The standard InChI is InChI=1S/C6H15N3O2/c1-5(10)3-9(2)4-6(11)8-7/h5,10H,3-4,7H2,1-2H3,(H,8,11). The van der Waals surface area contributed by atoms with Gasteiger partial charge in [-0.15, -0.1) is 0 Å². The van der Waals surface area contributed by atoms with Crippen LogP contribution in [0.2, 0.25) is 0 Å². The SMILES string of the molecule is CC(O)CN(C)CC(=O)NN. The molecule has 0 aromatic carbocycles. The van der Waals surface area contributed by atoms with Gasteiger partial charge in [0.2, 0.25) is 5.91 Å². The molecule has 0 aliphatic heterocycles. The van der Waals surface area contributed by atoms with Crippen molar-refractivity contribution in [3.05, 3.63) is 0 Å². The average Bonchev–Trinajstić information content (AvgIpc) is 1.85. The Hall–Kier alpha value is -0.650. The molecule has 0 saturated carbocycles. The number of nitrogens with one attached hydrogen (secondary N) is 1. The van der Waals surface area contributed by atoms with Crippen molar-refractivity contribution in [2.75, 3.05) is 20.1 Å². The number of hydrogen-bond donors (Lipinski definition) is 3. The Balaban J connectivity index is 3.51. The van der Waals surface area contributed by atoms with E-state index in [0.29, 0.717) is 6.54 Å². The van der Waals surface area contributed by atoms with Crippen molar-refractivity contribution in [1.82, 2.24) is 10.3 Å². The number of carbonyl (C=O) groups excluding carboxylic acids is 1. The molecule has 11 heavy (non-hydrogen) atoms. The zero-order valence-corrected chi connectivity index (χ0v) is 6.87. The van der Waals surface area contributed by atoms with Crippen LogP contribution in [0.15, 0.2) is 0 Å². The first kappa shape index (κ1) is 10.3. The summed E-state index contributed by atoms with van der Waals surface area (Å²) in [6.07, 6.45) is -0.425. The molecule has 66 valence electrons. The Morgan fingerprint density at radius 3 is 2.73 bits per heavy atom. The van der Waals surface area contributed by atoms with Crippen LogP contribution >= 0.6 is 0 Å². The molecule has 0 aliphatic carbocycles. The summed E-state index contributed by atoms with van der Waals surface area (Å²) >= 11 is 0. The summed E-state index contributed by atoms with van der Waals surface area (Å²) in [5, 5.41) is 8.90. The maximum atomic E-state index is 10.6. The summed E-state index contributed by atoms with van der Waals surface area (Å²) in [6, 6.07) is 0. The quantitative estimate of drug-likeness (QED) is 0.260. The maximum absolute atomic E-state index is 10.6. The molecule has 5 nitrogen and oxygen atoms in total. The zero-order chi connectivity index (χ0) is 8.85. The molecule has 0 aromatic heterocycles. The minimum atomic E-state index is -0.425. The lowest BCUT2D eigenvalue weighted by molar-refractivity contribution is -0.122. The number of hydrogen-bond acceptors (Lipinski definition) is 4. The van der Waals surface area contributed by atoms with Crippen LogP contribution in [0.3, 0.4) is 0 Å². The van der Waals surface area contributed by atoms with E-state index in [1.165, 1.54) is 0 Å². The van der Waals surface area contributed by atoms with Crippen molar-refractivity contribution in [1.29, 1.82) is 0 Å². The van der Waals surface area contributed by atoms with Crippen LogP contribution in [0.1, 0.15) is 6.92 Å². The number of amides is 1. The van der Waals surface area contributed by atoms with E-state index in [1.54, 1.807) is 18.9 Å². The van der Waals surface area contributed by atoms with E-state index in [0.717, 1.165) is 0 Å². The fraction of sp³-hybridized carbons (Fsp3) is 0.833. The van der Waals surface area contributed by atoms with Gasteiger partial charge in [0.25, 0.3) is 0 Å². The first-order valence-electron chi connectivity index (χ1n) is 3.42. The second-order valence-corrected chi connectivity index (χ2v) is 2.61. The number of nitrogens with zero attached hydrogens (tertiary/aromatic N) is 1. The van der Waals surface area contributed by atoms with Crippen LogP contribution in [0.5, 0.6) is 0 Å². The summed E-state index contributed by atoms with van der Waals surface area (Å²) in [4.78, 5) is 12.3. The Labute approximate surface area is 66.1 Å². The van der Waals surface area contributed by atoms with Gasteiger partial charge >= 0.3 is 0 Å². The van der Waals surface area contributed by atoms with Gasteiger partial charge in [-0.1, -0.05) is 0 Å². The molecule has 4 N–H and O–H groups in total. The Kier molecular flexibility index (Phi) is 4.76. The first-order chi connectivity index (χ1) is 5.06. The molecule has 0 rings (SSSR count). The van der Waals surface area contributed by atoms with Gasteiger partial charge in [-0.25, -0.2) is 5.84 Å². The minimum absolute atomic E-state index is 0.210. The Morgan fingerprint density at radius 1 is 1.82 bits per heavy atom. The topological polar surface area (TPSA) is 78.6 Å². The third-order valence-electron chi connectivity index (χ3n) is 1.15. The minimum Gasteiger partial charge on any atom is -0.392 e. The van der Waals surface area contributed by atoms with Crippen LogP contribution in [-0.2, 0) is 4.79 Å². The lowest BCUT2D eigenvalue weighted by atomic mass is 10.4. The Bertz CT molecular complexity index is 127. The summed E-state index contributed by atoms with van der Waals surface area (Å²) in [5.74, 6) is 4.61. The predicted molar refractivity (Wildman–Crippen MR) is 41.5 cm³/mol. The van der Waals surface area contributed by atoms with E-state index in [1.807, 2.05) is 5.43 Å². The molecule has 0 radical (unpaired) electrons. The van der Waals surface area contributed by atoms with Gasteiger partial charge in [-0.2, -0.15) is 0 Å². The van der Waals surface area contributed by atoms with Crippen LogP contribution in [0, 0.1) is 0 Å². The van der Waals surface area contributed by atoms with Crippen LogP contribution in [-0.4, -0.2) is 42.2 Å². The fourth-order valence-corrected chi connectivity index (χ4v) is 0.806. The number of aliphatic hydroxyl groups is 1. The van der Waals surface area contributed by atoms with E-state index in [9.17, 15) is 4.79 Å². The van der Waals surface area contributed by atoms with Crippen molar-refractivity contribution in [2.24, 2.45) is 5.84 Å². The van der Waals surface area contributed by atoms with Crippen LogP contribution < -0.4 is 11.3 Å². The number of hydrazine groups is 1. The van der Waals surface area contributed by atoms with E-state index >= 15 is 0 Å². The third-order valence-corrected chi connectivity index (χ3v) is 1.15. The molecule has 0 saturated heterocycles. The van der Waals surface area contributed by atoms with Gasteiger partial charge in [0.05, 0.1) is 12.6 Å². The molecule has 0 bridgehead atoms. The van der Waals surface area contributed by atoms with Gasteiger partial charge < -0.3 is 5.11 Å². The molecular weight excluding hydrogens is 146 g/mol. The van der Waals surface area contributed by atoms with E-state index in [-0.39, 0.29) is 12.5 Å². The lowest BCUT2D eigenvalue weighted by Gasteiger charge is -2.16. The molecule has 1 unspecified atom stereocenters. The maximum Gasteiger partial charge on any atom is 0.248 e. The number of carbonyl (C=O) groups is 1. The largest absolute Gasteiger partial charge is 0.392 e. The molecule has 0 aromatic rings. The molecular formula is C6H15N3O2. The number of rotatable bonds is 4.